The van der Waals surface area contributed by atoms with E-state index in [0.717, 1.165) is 26.1 Å². The average molecular weight is 665 g/mol. The van der Waals surface area contributed by atoms with Crippen LogP contribution in [0.3, 0.4) is 0 Å². The van der Waals surface area contributed by atoms with Crippen molar-refractivity contribution >= 4 is 0 Å². The van der Waals surface area contributed by atoms with E-state index in [9.17, 15) is 0 Å². The minimum absolute atomic E-state index is 0.544. The molecule has 0 unspecified atom stereocenters. The normalized spacial score (nSPS) is 11.6. The molecule has 0 atom stereocenters. The van der Waals surface area contributed by atoms with Gasteiger partial charge in [0, 0.05) is 13.2 Å². The summed E-state index contributed by atoms with van der Waals surface area (Å²) in [5.74, 6) is 0. The lowest BCUT2D eigenvalue weighted by molar-refractivity contribution is -0.0250. The summed E-state index contributed by atoms with van der Waals surface area (Å²) < 4.78 is 49.8. The van der Waals surface area contributed by atoms with Crippen molar-refractivity contribution in [3.05, 3.63) is 0 Å². The smallest absolute Gasteiger partial charge is 0.0701 e. The van der Waals surface area contributed by atoms with Crippen LogP contribution < -0.4 is 0 Å². The van der Waals surface area contributed by atoms with Gasteiger partial charge < -0.3 is 42.6 Å². The molecule has 9 nitrogen and oxygen atoms in total. The molecule has 0 saturated carbocycles. The highest BCUT2D eigenvalue weighted by molar-refractivity contribution is 4.49. The monoisotopic (exact) mass is 665 g/mol. The molecule has 0 aromatic heterocycles. The van der Waals surface area contributed by atoms with E-state index >= 15 is 0 Å². The van der Waals surface area contributed by atoms with Crippen LogP contribution in [0.5, 0.6) is 0 Å². The van der Waals surface area contributed by atoms with Gasteiger partial charge in [-0.15, -0.1) is 0 Å². The van der Waals surface area contributed by atoms with Crippen LogP contribution in [0.15, 0.2) is 0 Å². The first-order valence-electron chi connectivity index (χ1n) is 19.1. The second kappa shape index (κ2) is 44.6. The van der Waals surface area contributed by atoms with Crippen LogP contribution >= 0.6 is 0 Å². The van der Waals surface area contributed by atoms with Gasteiger partial charge in [0.15, 0.2) is 0 Å². The molecule has 0 heterocycles. The maximum atomic E-state index is 5.67. The summed E-state index contributed by atoms with van der Waals surface area (Å²) in [6.07, 6.45) is 22.8. The highest BCUT2D eigenvalue weighted by atomic mass is 16.6. The van der Waals surface area contributed by atoms with Crippen molar-refractivity contribution in [3.8, 4) is 0 Å². The second-order valence-electron chi connectivity index (χ2n) is 11.8. The van der Waals surface area contributed by atoms with Crippen molar-refractivity contribution in [2.45, 2.75) is 123 Å². The van der Waals surface area contributed by atoms with Crippen molar-refractivity contribution < 1.29 is 42.6 Å². The maximum absolute atomic E-state index is 5.67. The zero-order valence-electron chi connectivity index (χ0n) is 30.4. The average Bonchev–Trinajstić information content (AvgIpc) is 3.07. The van der Waals surface area contributed by atoms with E-state index in [0.29, 0.717) is 106 Å². The predicted octanol–water partition coefficient (Wildman–Crippen LogP) is 7.81. The molecule has 0 spiro atoms. The Labute approximate surface area is 284 Å². The Hall–Kier alpha value is -0.360. The third kappa shape index (κ3) is 43.6. The Morgan fingerprint density at radius 1 is 0.174 bits per heavy atom. The van der Waals surface area contributed by atoms with E-state index < -0.39 is 0 Å². The molecule has 0 fully saturated rings. The van der Waals surface area contributed by atoms with Gasteiger partial charge in [-0.05, 0) is 12.8 Å². The molecular formula is C37H76O9. The van der Waals surface area contributed by atoms with Gasteiger partial charge in [0.25, 0.3) is 0 Å². The van der Waals surface area contributed by atoms with Gasteiger partial charge in [0.2, 0.25) is 0 Å². The summed E-state index contributed by atoms with van der Waals surface area (Å²) in [5, 5.41) is 0. The molecule has 0 amide bonds. The summed E-state index contributed by atoms with van der Waals surface area (Å²) in [6, 6.07) is 0. The van der Waals surface area contributed by atoms with Crippen LogP contribution in [0.4, 0.5) is 0 Å². The van der Waals surface area contributed by atoms with Gasteiger partial charge in [-0.3, -0.25) is 0 Å². The standard InChI is InChI=1S/C37H76O9/c1-3-5-7-9-10-11-12-13-14-15-16-17-19-21-39-23-25-41-27-29-43-31-33-45-35-37-46-36-34-44-32-30-42-28-26-40-24-22-38-20-18-8-6-4-2/h3-37H2,1-2H3. The molecule has 278 valence electrons. The number of ether oxygens (including phenoxy) is 9. The molecule has 46 heavy (non-hydrogen) atoms. The van der Waals surface area contributed by atoms with Gasteiger partial charge >= 0.3 is 0 Å². The lowest BCUT2D eigenvalue weighted by Crippen LogP contribution is -2.15. The number of rotatable bonds is 43. The molecule has 0 saturated heterocycles. The second-order valence-corrected chi connectivity index (χ2v) is 11.8. The predicted molar refractivity (Wildman–Crippen MR) is 187 cm³/mol. The Balaban J connectivity index is 3.03. The van der Waals surface area contributed by atoms with Crippen LogP contribution in [0.2, 0.25) is 0 Å². The van der Waals surface area contributed by atoms with Crippen LogP contribution in [-0.2, 0) is 42.6 Å². The Bertz CT molecular complexity index is 469. The van der Waals surface area contributed by atoms with Crippen molar-refractivity contribution in [3.63, 3.8) is 0 Å². The lowest BCUT2D eigenvalue weighted by Gasteiger charge is -2.09. The van der Waals surface area contributed by atoms with Gasteiger partial charge in [-0.25, -0.2) is 0 Å². The molecule has 0 bridgehead atoms. The molecule has 0 aromatic carbocycles. The van der Waals surface area contributed by atoms with Crippen LogP contribution in [0.1, 0.15) is 123 Å². The van der Waals surface area contributed by atoms with E-state index in [1.165, 1.54) is 96.3 Å². The maximum Gasteiger partial charge on any atom is 0.0701 e. The fourth-order valence-electron chi connectivity index (χ4n) is 4.71. The Kier molecular flexibility index (Phi) is 44.3. The molecule has 0 rings (SSSR count). The number of unbranched alkanes of at least 4 members (excludes halogenated alkanes) is 15. The molecule has 0 aliphatic rings. The van der Waals surface area contributed by atoms with Crippen LogP contribution in [0.25, 0.3) is 0 Å². The minimum atomic E-state index is 0.544. The van der Waals surface area contributed by atoms with Crippen molar-refractivity contribution in [1.29, 1.82) is 0 Å². The first kappa shape index (κ1) is 45.6. The number of hydrogen-bond acceptors (Lipinski definition) is 9. The summed E-state index contributed by atoms with van der Waals surface area (Å²) >= 11 is 0. The first-order valence-corrected chi connectivity index (χ1v) is 19.1. The summed E-state index contributed by atoms with van der Waals surface area (Å²) in [5.41, 5.74) is 0. The third-order valence-electron chi connectivity index (χ3n) is 7.51. The van der Waals surface area contributed by atoms with Gasteiger partial charge in [-0.2, -0.15) is 0 Å². The molecular weight excluding hydrogens is 588 g/mol. The fourth-order valence-corrected chi connectivity index (χ4v) is 4.71. The zero-order chi connectivity index (χ0) is 33.1. The van der Waals surface area contributed by atoms with Gasteiger partial charge in [0.05, 0.1) is 106 Å². The first-order chi connectivity index (χ1) is 22.9. The molecule has 9 heteroatoms. The molecule has 0 aromatic rings. The van der Waals surface area contributed by atoms with Crippen molar-refractivity contribution in [2.75, 3.05) is 119 Å². The summed E-state index contributed by atoms with van der Waals surface area (Å²) in [4.78, 5) is 0. The SMILES string of the molecule is CCCCCCCCCCCCCCCOCCOCCOCCOCCOCCOCCOCCOCCOCCCCCC. The van der Waals surface area contributed by atoms with Crippen LogP contribution in [-0.4, -0.2) is 119 Å². The van der Waals surface area contributed by atoms with Gasteiger partial charge in [0.1, 0.15) is 0 Å². The van der Waals surface area contributed by atoms with E-state index in [1.54, 1.807) is 0 Å². The Morgan fingerprint density at radius 2 is 0.326 bits per heavy atom. The molecule has 0 radical (unpaired) electrons. The fraction of sp³-hybridized carbons (Fsp3) is 1.00. The highest BCUT2D eigenvalue weighted by Gasteiger charge is 1.97. The topological polar surface area (TPSA) is 83.1 Å². The molecule has 0 N–H and O–H groups in total. The van der Waals surface area contributed by atoms with E-state index in [2.05, 4.69) is 13.8 Å². The van der Waals surface area contributed by atoms with Crippen molar-refractivity contribution in [1.82, 2.24) is 0 Å². The van der Waals surface area contributed by atoms with Gasteiger partial charge in [-0.1, -0.05) is 110 Å². The minimum Gasteiger partial charge on any atom is -0.379 e. The lowest BCUT2D eigenvalue weighted by atomic mass is 10.0. The largest absolute Gasteiger partial charge is 0.379 e. The third-order valence-corrected chi connectivity index (χ3v) is 7.51. The molecule has 0 aliphatic carbocycles. The summed E-state index contributed by atoms with van der Waals surface area (Å²) in [6.45, 7) is 15.4. The van der Waals surface area contributed by atoms with E-state index in [-0.39, 0.29) is 0 Å². The number of hydrogen-bond donors (Lipinski definition) is 0. The summed E-state index contributed by atoms with van der Waals surface area (Å²) in [7, 11) is 0. The van der Waals surface area contributed by atoms with Crippen molar-refractivity contribution in [2.24, 2.45) is 0 Å². The van der Waals surface area contributed by atoms with E-state index in [4.69, 9.17) is 42.6 Å². The molecule has 0 aliphatic heterocycles. The van der Waals surface area contributed by atoms with Crippen LogP contribution in [0, 0.1) is 0 Å². The zero-order valence-corrected chi connectivity index (χ0v) is 30.4. The van der Waals surface area contributed by atoms with E-state index in [1.807, 2.05) is 0 Å². The highest BCUT2D eigenvalue weighted by Crippen LogP contribution is 2.12. The quantitative estimate of drug-likeness (QED) is 0.0606. The Morgan fingerprint density at radius 3 is 0.543 bits per heavy atom.